The van der Waals surface area contributed by atoms with Gasteiger partial charge in [-0.2, -0.15) is 0 Å². The van der Waals surface area contributed by atoms with Crippen LogP contribution in [0.5, 0.6) is 0 Å². The fourth-order valence-electron chi connectivity index (χ4n) is 4.84. The lowest BCUT2D eigenvalue weighted by Gasteiger charge is -2.14. The van der Waals surface area contributed by atoms with Crippen molar-refractivity contribution in [3.8, 4) is 26.8 Å². The molecule has 0 aliphatic carbocycles. The maximum absolute atomic E-state index is 13.7. The zero-order valence-electron chi connectivity index (χ0n) is 23.0. The summed E-state index contributed by atoms with van der Waals surface area (Å²) in [5.41, 5.74) is 4.98. The fourth-order valence-corrected chi connectivity index (χ4v) is 6.34. The molecule has 8 heteroatoms. The number of hydrogen-bond donors (Lipinski definition) is 2. The Morgan fingerprint density at radius 2 is 1.21 bits per heavy atom. The first-order valence-corrected chi connectivity index (χ1v) is 15.5. The molecule has 6 aromatic rings. The van der Waals surface area contributed by atoms with Gasteiger partial charge in [-0.15, -0.1) is 22.7 Å². The zero-order valence-corrected chi connectivity index (χ0v) is 24.7. The van der Waals surface area contributed by atoms with Crippen molar-refractivity contribution >= 4 is 40.3 Å². The van der Waals surface area contributed by atoms with Gasteiger partial charge in [0.2, 0.25) is 0 Å². The molecule has 3 aromatic heterocycles. The Labute approximate surface area is 257 Å². The Kier molecular flexibility index (Phi) is 8.40. The number of rotatable bonds is 10. The maximum atomic E-state index is 13.7. The number of carbonyl (C=O) groups is 3. The summed E-state index contributed by atoms with van der Waals surface area (Å²) in [4.78, 5) is 41.6. The molecule has 0 saturated carbocycles. The molecule has 0 fully saturated rings. The summed E-state index contributed by atoms with van der Waals surface area (Å²) in [5, 5.41) is 9.67. The summed E-state index contributed by atoms with van der Waals surface area (Å²) in [6, 6.07) is 36.2. The van der Waals surface area contributed by atoms with E-state index >= 15 is 0 Å². The Hall–Kier alpha value is -5.05. The number of carbonyl (C=O) groups excluding carboxylic acids is 3. The molecule has 2 N–H and O–H groups in total. The molecule has 212 valence electrons. The number of benzene rings is 3. The molecule has 0 bridgehead atoms. The molecule has 43 heavy (non-hydrogen) atoms. The van der Waals surface area contributed by atoms with Gasteiger partial charge in [-0.3, -0.25) is 14.4 Å². The largest absolute Gasteiger partial charge is 0.348 e. The minimum absolute atomic E-state index is 0.175. The van der Waals surface area contributed by atoms with Crippen molar-refractivity contribution in [2.75, 3.05) is 0 Å². The minimum atomic E-state index is -0.665. The highest BCUT2D eigenvalue weighted by Crippen LogP contribution is 2.39. The van der Waals surface area contributed by atoms with Crippen molar-refractivity contribution in [3.63, 3.8) is 0 Å². The van der Waals surface area contributed by atoms with Crippen LogP contribution in [0.4, 0.5) is 0 Å². The molecule has 0 atom stereocenters. The first-order chi connectivity index (χ1) is 21.1. The van der Waals surface area contributed by atoms with Crippen LogP contribution in [-0.4, -0.2) is 22.2 Å². The van der Waals surface area contributed by atoms with Crippen LogP contribution < -0.4 is 10.6 Å². The van der Waals surface area contributed by atoms with E-state index in [9.17, 15) is 14.4 Å². The Morgan fingerprint density at radius 3 is 1.79 bits per heavy atom. The van der Waals surface area contributed by atoms with Crippen LogP contribution in [0.1, 0.15) is 31.8 Å². The number of nitrogens with zero attached hydrogens (tertiary/aromatic N) is 1. The van der Waals surface area contributed by atoms with Gasteiger partial charge < -0.3 is 15.2 Å². The minimum Gasteiger partial charge on any atom is -0.348 e. The number of Topliss-reactive ketones (excluding diaryl/α,β-unsaturated/α-hetero) is 1. The summed E-state index contributed by atoms with van der Waals surface area (Å²) in [5.74, 6) is -1.44. The normalized spacial score (nSPS) is 10.8. The van der Waals surface area contributed by atoms with E-state index in [0.717, 1.165) is 32.3 Å². The van der Waals surface area contributed by atoms with Crippen molar-refractivity contribution < 1.29 is 14.4 Å². The molecule has 0 aliphatic rings. The zero-order chi connectivity index (χ0) is 29.6. The van der Waals surface area contributed by atoms with Crippen molar-refractivity contribution in [2.45, 2.75) is 13.1 Å². The number of aromatic nitrogens is 1. The lowest BCUT2D eigenvalue weighted by Crippen LogP contribution is -2.30. The van der Waals surface area contributed by atoms with Crippen LogP contribution in [0.25, 0.3) is 26.8 Å². The monoisotopic (exact) mass is 601 g/mol. The van der Waals surface area contributed by atoms with Crippen molar-refractivity contribution in [2.24, 2.45) is 0 Å². The molecule has 2 amide bonds. The van der Waals surface area contributed by atoms with Crippen LogP contribution >= 0.6 is 22.7 Å². The summed E-state index contributed by atoms with van der Waals surface area (Å²) in [7, 11) is 0. The molecule has 0 spiro atoms. The van der Waals surface area contributed by atoms with Gasteiger partial charge in [0.1, 0.15) is 0 Å². The number of ketones is 1. The summed E-state index contributed by atoms with van der Waals surface area (Å²) < 4.78 is 2.00. The second kappa shape index (κ2) is 12.9. The van der Waals surface area contributed by atoms with Gasteiger partial charge in [0.15, 0.2) is 0 Å². The average molecular weight is 602 g/mol. The van der Waals surface area contributed by atoms with E-state index in [2.05, 4.69) is 10.6 Å². The summed E-state index contributed by atoms with van der Waals surface area (Å²) >= 11 is 3.05. The van der Waals surface area contributed by atoms with Gasteiger partial charge in [-0.05, 0) is 64.4 Å². The smallest absolute Gasteiger partial charge is 0.292 e. The number of amides is 2. The van der Waals surface area contributed by atoms with E-state index < -0.39 is 11.7 Å². The SMILES string of the molecule is O=C(NCc1ccccc1)C(=O)c1cc(-c2cccs2)n(-c2ccc(C(=O)NCc3ccccc3)cc2)c1-c1cccs1. The summed E-state index contributed by atoms with van der Waals surface area (Å²) in [6.07, 6.45) is 0. The molecular weight excluding hydrogens is 575 g/mol. The van der Waals surface area contributed by atoms with Crippen molar-refractivity contribution in [3.05, 3.63) is 148 Å². The van der Waals surface area contributed by atoms with Crippen molar-refractivity contribution in [1.29, 1.82) is 0 Å². The predicted molar refractivity (Wildman–Crippen MR) is 173 cm³/mol. The van der Waals surface area contributed by atoms with Gasteiger partial charge in [0.05, 0.1) is 26.7 Å². The number of hydrogen-bond acceptors (Lipinski definition) is 5. The third-order valence-corrected chi connectivity index (χ3v) is 8.73. The molecule has 3 heterocycles. The van der Waals surface area contributed by atoms with E-state index in [1.807, 2.05) is 112 Å². The van der Waals surface area contributed by atoms with Crippen molar-refractivity contribution in [1.82, 2.24) is 15.2 Å². The predicted octanol–water partition coefficient (Wildman–Crippen LogP) is 7.36. The van der Waals surface area contributed by atoms with E-state index in [0.29, 0.717) is 23.4 Å². The third-order valence-electron chi connectivity index (χ3n) is 6.96. The lowest BCUT2D eigenvalue weighted by molar-refractivity contribution is -0.117. The number of thiophene rings is 2. The van der Waals surface area contributed by atoms with E-state index in [1.54, 1.807) is 29.5 Å². The second-order valence-electron chi connectivity index (χ2n) is 9.79. The lowest BCUT2D eigenvalue weighted by atomic mass is 10.1. The molecule has 0 saturated heterocycles. The molecule has 0 radical (unpaired) electrons. The molecule has 0 aliphatic heterocycles. The molecule has 6 rings (SSSR count). The standard InChI is InChI=1S/C35H27N3O3S2/c39-33(35(41)37-23-25-11-5-2-6-12-25)28-21-29(30-13-7-19-42-30)38(32(28)31-14-8-20-43-31)27-17-15-26(16-18-27)34(40)36-22-24-9-3-1-4-10-24/h1-21H,22-23H2,(H,36,40)(H,37,41). The highest BCUT2D eigenvalue weighted by molar-refractivity contribution is 7.14. The maximum Gasteiger partial charge on any atom is 0.292 e. The van der Waals surface area contributed by atoms with Gasteiger partial charge in [0, 0.05) is 24.3 Å². The van der Waals surface area contributed by atoms with Crippen LogP contribution in [-0.2, 0) is 17.9 Å². The fraction of sp³-hybridized carbons (Fsp3) is 0.0571. The van der Waals surface area contributed by atoms with E-state index in [-0.39, 0.29) is 12.5 Å². The second-order valence-corrected chi connectivity index (χ2v) is 11.7. The van der Waals surface area contributed by atoms with Gasteiger partial charge in [-0.1, -0.05) is 72.8 Å². The van der Waals surface area contributed by atoms with Crippen LogP contribution in [0, 0.1) is 0 Å². The highest BCUT2D eigenvalue weighted by atomic mass is 32.1. The first kappa shape index (κ1) is 28.1. The van der Waals surface area contributed by atoms with Crippen LogP contribution in [0.15, 0.2) is 126 Å². The first-order valence-electron chi connectivity index (χ1n) is 13.7. The summed E-state index contributed by atoms with van der Waals surface area (Å²) in [6.45, 7) is 0.688. The molecule has 3 aromatic carbocycles. The van der Waals surface area contributed by atoms with E-state index in [4.69, 9.17) is 0 Å². The quantitative estimate of drug-likeness (QED) is 0.127. The Bertz CT molecular complexity index is 1840. The molecule has 6 nitrogen and oxygen atoms in total. The van der Waals surface area contributed by atoms with Gasteiger partial charge in [-0.25, -0.2) is 0 Å². The third kappa shape index (κ3) is 6.25. The van der Waals surface area contributed by atoms with Gasteiger partial charge in [0.25, 0.3) is 17.6 Å². The highest BCUT2D eigenvalue weighted by Gasteiger charge is 2.28. The van der Waals surface area contributed by atoms with Gasteiger partial charge >= 0.3 is 0 Å². The molecule has 0 unspecified atom stereocenters. The Balaban J connectivity index is 1.35. The average Bonchev–Trinajstić information content (AvgIpc) is 3.84. The van der Waals surface area contributed by atoms with E-state index in [1.165, 1.54) is 11.3 Å². The topological polar surface area (TPSA) is 80.2 Å². The Morgan fingerprint density at radius 1 is 0.628 bits per heavy atom. The number of nitrogens with one attached hydrogen (secondary N) is 2. The molecular formula is C35H27N3O3S2. The van der Waals surface area contributed by atoms with Crippen LogP contribution in [0.3, 0.4) is 0 Å². The van der Waals surface area contributed by atoms with Crippen LogP contribution in [0.2, 0.25) is 0 Å².